The number of hydrogen-bond acceptors (Lipinski definition) is 2. The minimum Gasteiger partial charge on any atom is -0.332 e. The van der Waals surface area contributed by atoms with Gasteiger partial charge in [0.1, 0.15) is 0 Å². The first-order chi connectivity index (χ1) is 10.2. The summed E-state index contributed by atoms with van der Waals surface area (Å²) in [6.45, 7) is 0.555. The summed E-state index contributed by atoms with van der Waals surface area (Å²) in [6, 6.07) is 4.04. The molecule has 1 aliphatic carbocycles. The molecular formula is C16H19F2N3. The molecule has 112 valence electrons. The molecule has 0 saturated heterocycles. The molecule has 1 heterocycles. The SMILES string of the molecule is CNC(Cn1cnc2c1CCCC2)c1cccc(F)c1F. The van der Waals surface area contributed by atoms with Crippen molar-refractivity contribution in [3.63, 3.8) is 0 Å². The molecule has 21 heavy (non-hydrogen) atoms. The number of nitrogens with zero attached hydrogens (tertiary/aromatic N) is 2. The van der Waals surface area contributed by atoms with Crippen molar-refractivity contribution >= 4 is 0 Å². The molecule has 5 heteroatoms. The molecular weight excluding hydrogens is 272 g/mol. The highest BCUT2D eigenvalue weighted by molar-refractivity contribution is 5.23. The Morgan fingerprint density at radius 2 is 2.10 bits per heavy atom. The normalized spacial score (nSPS) is 15.8. The van der Waals surface area contributed by atoms with Crippen LogP contribution in [0.5, 0.6) is 0 Å². The maximum atomic E-state index is 14.0. The van der Waals surface area contributed by atoms with E-state index in [2.05, 4.69) is 14.9 Å². The van der Waals surface area contributed by atoms with Crippen LogP contribution < -0.4 is 5.32 Å². The minimum absolute atomic E-state index is 0.277. The van der Waals surface area contributed by atoms with E-state index < -0.39 is 11.6 Å². The Hall–Kier alpha value is -1.75. The van der Waals surface area contributed by atoms with Crippen molar-refractivity contribution in [2.45, 2.75) is 38.3 Å². The molecule has 0 amide bonds. The van der Waals surface area contributed by atoms with Gasteiger partial charge in [-0.2, -0.15) is 0 Å². The van der Waals surface area contributed by atoms with Crippen molar-refractivity contribution in [1.82, 2.24) is 14.9 Å². The van der Waals surface area contributed by atoms with Gasteiger partial charge >= 0.3 is 0 Å². The number of rotatable bonds is 4. The van der Waals surface area contributed by atoms with Crippen molar-refractivity contribution < 1.29 is 8.78 Å². The molecule has 0 spiro atoms. The van der Waals surface area contributed by atoms with Crippen LogP contribution in [0.1, 0.15) is 35.8 Å². The molecule has 0 radical (unpaired) electrons. The molecule has 1 unspecified atom stereocenters. The number of nitrogens with one attached hydrogen (secondary N) is 1. The molecule has 0 aliphatic heterocycles. The van der Waals surface area contributed by atoms with Crippen LogP contribution in [0.25, 0.3) is 0 Å². The number of fused-ring (bicyclic) bond motifs is 1. The molecule has 1 aliphatic rings. The molecule has 3 nitrogen and oxygen atoms in total. The number of aromatic nitrogens is 2. The second-order valence-electron chi connectivity index (χ2n) is 5.48. The lowest BCUT2D eigenvalue weighted by atomic mass is 10.0. The second-order valence-corrected chi connectivity index (χ2v) is 5.48. The fraction of sp³-hybridized carbons (Fsp3) is 0.438. The van der Waals surface area contributed by atoms with Crippen LogP contribution in [0.3, 0.4) is 0 Å². The first-order valence-electron chi connectivity index (χ1n) is 7.34. The van der Waals surface area contributed by atoms with Crippen molar-refractivity contribution in [3.05, 3.63) is 53.1 Å². The van der Waals surface area contributed by atoms with Crippen molar-refractivity contribution in [2.75, 3.05) is 7.05 Å². The van der Waals surface area contributed by atoms with Crippen LogP contribution in [-0.4, -0.2) is 16.6 Å². The summed E-state index contributed by atoms with van der Waals surface area (Å²) in [6.07, 6.45) is 6.19. The van der Waals surface area contributed by atoms with Crippen molar-refractivity contribution in [2.24, 2.45) is 0 Å². The van der Waals surface area contributed by atoms with Crippen LogP contribution in [-0.2, 0) is 19.4 Å². The van der Waals surface area contributed by atoms with Crippen LogP contribution >= 0.6 is 0 Å². The zero-order chi connectivity index (χ0) is 14.8. The number of aryl methyl sites for hydroxylation is 1. The summed E-state index contributed by atoms with van der Waals surface area (Å²) in [4.78, 5) is 4.45. The van der Waals surface area contributed by atoms with Gasteiger partial charge in [-0.1, -0.05) is 12.1 Å². The van der Waals surface area contributed by atoms with Crippen LogP contribution in [0.4, 0.5) is 8.78 Å². The molecule has 1 atom stereocenters. The fourth-order valence-corrected chi connectivity index (χ4v) is 3.02. The first-order valence-corrected chi connectivity index (χ1v) is 7.34. The Kier molecular flexibility index (Phi) is 4.01. The highest BCUT2D eigenvalue weighted by atomic mass is 19.2. The average Bonchev–Trinajstić information content (AvgIpc) is 2.91. The van der Waals surface area contributed by atoms with Gasteiger partial charge in [0.05, 0.1) is 18.1 Å². The maximum Gasteiger partial charge on any atom is 0.163 e. The monoisotopic (exact) mass is 291 g/mol. The number of benzene rings is 1. The van der Waals surface area contributed by atoms with E-state index in [4.69, 9.17) is 0 Å². The fourth-order valence-electron chi connectivity index (χ4n) is 3.02. The standard InChI is InChI=1S/C16H19F2N3/c1-19-14(11-5-4-6-12(17)16(11)18)9-21-10-20-13-7-2-3-8-15(13)21/h4-6,10,14,19H,2-3,7-9H2,1H3. The third-order valence-electron chi connectivity index (χ3n) is 4.19. The lowest BCUT2D eigenvalue weighted by molar-refractivity contribution is 0.439. The van der Waals surface area contributed by atoms with Crippen LogP contribution in [0.15, 0.2) is 24.5 Å². The molecule has 3 rings (SSSR count). The minimum atomic E-state index is -0.805. The third kappa shape index (κ3) is 2.70. The number of hydrogen-bond donors (Lipinski definition) is 1. The molecule has 0 bridgehead atoms. The third-order valence-corrected chi connectivity index (χ3v) is 4.19. The predicted octanol–water partition coefficient (Wildman–Crippen LogP) is 3.00. The Balaban J connectivity index is 1.88. The zero-order valence-electron chi connectivity index (χ0n) is 12.1. The van der Waals surface area contributed by atoms with Gasteiger partial charge in [-0.25, -0.2) is 13.8 Å². The quantitative estimate of drug-likeness (QED) is 0.938. The average molecular weight is 291 g/mol. The Bertz CT molecular complexity index is 636. The zero-order valence-corrected chi connectivity index (χ0v) is 12.1. The Morgan fingerprint density at radius 1 is 1.29 bits per heavy atom. The van der Waals surface area contributed by atoms with Gasteiger partial charge in [-0.3, -0.25) is 0 Å². The van der Waals surface area contributed by atoms with Crippen LogP contribution in [0, 0.1) is 11.6 Å². The van der Waals surface area contributed by atoms with E-state index in [-0.39, 0.29) is 6.04 Å². The van der Waals surface area contributed by atoms with E-state index in [1.807, 2.05) is 6.33 Å². The lowest BCUT2D eigenvalue weighted by Crippen LogP contribution is -2.24. The van der Waals surface area contributed by atoms with Gasteiger partial charge in [-0.05, 0) is 38.8 Å². The van der Waals surface area contributed by atoms with Crippen molar-refractivity contribution in [1.29, 1.82) is 0 Å². The number of imidazole rings is 1. The smallest absolute Gasteiger partial charge is 0.163 e. The van der Waals surface area contributed by atoms with E-state index in [0.717, 1.165) is 31.0 Å². The Labute approximate surface area is 123 Å². The molecule has 0 saturated carbocycles. The molecule has 1 aromatic carbocycles. The molecule has 0 fully saturated rings. The van der Waals surface area contributed by atoms with E-state index in [1.165, 1.54) is 12.1 Å². The first kappa shape index (κ1) is 14.2. The number of halogens is 2. The highest BCUT2D eigenvalue weighted by Gasteiger charge is 2.20. The maximum absolute atomic E-state index is 14.0. The van der Waals surface area contributed by atoms with Gasteiger partial charge in [0.15, 0.2) is 11.6 Å². The van der Waals surface area contributed by atoms with E-state index >= 15 is 0 Å². The largest absolute Gasteiger partial charge is 0.332 e. The van der Waals surface area contributed by atoms with Gasteiger partial charge in [0.2, 0.25) is 0 Å². The summed E-state index contributed by atoms with van der Waals surface area (Å²) in [5, 5.41) is 3.08. The molecule has 1 N–H and O–H groups in total. The Morgan fingerprint density at radius 3 is 2.90 bits per heavy atom. The molecule has 1 aromatic heterocycles. The summed E-state index contributed by atoms with van der Waals surface area (Å²) in [7, 11) is 1.76. The number of likely N-dealkylation sites (N-methyl/N-ethyl adjacent to an activating group) is 1. The summed E-state index contributed by atoms with van der Waals surface area (Å²) in [5.41, 5.74) is 2.74. The summed E-state index contributed by atoms with van der Waals surface area (Å²) in [5.74, 6) is -1.58. The predicted molar refractivity (Wildman–Crippen MR) is 77.0 cm³/mol. The molecule has 2 aromatic rings. The lowest BCUT2D eigenvalue weighted by Gasteiger charge is -2.21. The highest BCUT2D eigenvalue weighted by Crippen LogP contribution is 2.24. The van der Waals surface area contributed by atoms with E-state index in [9.17, 15) is 8.78 Å². The second kappa shape index (κ2) is 5.93. The van der Waals surface area contributed by atoms with Gasteiger partial charge in [0, 0.05) is 17.8 Å². The summed E-state index contributed by atoms with van der Waals surface area (Å²) >= 11 is 0. The van der Waals surface area contributed by atoms with Crippen molar-refractivity contribution in [3.8, 4) is 0 Å². The summed E-state index contributed by atoms with van der Waals surface area (Å²) < 4.78 is 29.4. The topological polar surface area (TPSA) is 29.9 Å². The van der Waals surface area contributed by atoms with Gasteiger partial charge < -0.3 is 9.88 Å². The van der Waals surface area contributed by atoms with Gasteiger partial charge in [-0.15, -0.1) is 0 Å². The van der Waals surface area contributed by atoms with Gasteiger partial charge in [0.25, 0.3) is 0 Å². The van der Waals surface area contributed by atoms with Crippen LogP contribution in [0.2, 0.25) is 0 Å². The van der Waals surface area contributed by atoms with E-state index in [1.54, 1.807) is 19.2 Å². The van der Waals surface area contributed by atoms with E-state index in [0.29, 0.717) is 12.1 Å².